The maximum absolute atomic E-state index is 11.2. The van der Waals surface area contributed by atoms with Crippen LogP contribution in [0.3, 0.4) is 0 Å². The first kappa shape index (κ1) is 10.1. The first-order valence-electron chi connectivity index (χ1n) is 4.63. The molecule has 13 heavy (non-hydrogen) atoms. The molecule has 0 radical (unpaired) electrons. The van der Waals surface area contributed by atoms with Gasteiger partial charge in [-0.3, -0.25) is 4.79 Å². The van der Waals surface area contributed by atoms with Gasteiger partial charge in [-0.25, -0.2) is 0 Å². The summed E-state index contributed by atoms with van der Waals surface area (Å²) in [4.78, 5) is 11.2. The molecule has 1 amide bonds. The Balaban J connectivity index is 1.94. The Morgan fingerprint density at radius 3 is 2.85 bits per heavy atom. The number of carbonyl (C=O) groups is 1. The minimum atomic E-state index is 0.116. The van der Waals surface area contributed by atoms with Gasteiger partial charge in [0.1, 0.15) is 0 Å². The van der Waals surface area contributed by atoms with Gasteiger partial charge >= 0.3 is 0 Å². The number of rotatable bonds is 5. The lowest BCUT2D eigenvalue weighted by Crippen LogP contribution is -2.48. The van der Waals surface area contributed by atoms with Crippen molar-refractivity contribution in [3.63, 3.8) is 0 Å². The lowest BCUT2D eigenvalue weighted by molar-refractivity contribution is -0.125. The Hall–Kier alpha value is -1.01. The molecule has 3 nitrogen and oxygen atoms in total. The van der Waals surface area contributed by atoms with Gasteiger partial charge in [0.05, 0.1) is 19.3 Å². The zero-order chi connectivity index (χ0) is 9.52. The van der Waals surface area contributed by atoms with Crippen molar-refractivity contribution in [2.45, 2.75) is 31.7 Å². The highest BCUT2D eigenvalue weighted by Crippen LogP contribution is 2.02. The Morgan fingerprint density at radius 2 is 2.31 bits per heavy atom. The molecule has 3 heteroatoms. The molecule has 1 heterocycles. The molecule has 72 valence electrons. The summed E-state index contributed by atoms with van der Waals surface area (Å²) in [5, 5.41) is 2.88. The molecule has 0 aromatic heterocycles. The van der Waals surface area contributed by atoms with Crippen LogP contribution in [0.5, 0.6) is 0 Å². The van der Waals surface area contributed by atoms with E-state index in [-0.39, 0.29) is 11.9 Å². The van der Waals surface area contributed by atoms with Crippen molar-refractivity contribution in [2.75, 3.05) is 13.2 Å². The first-order valence-corrected chi connectivity index (χ1v) is 4.63. The summed E-state index contributed by atoms with van der Waals surface area (Å²) in [6, 6.07) is 0.250. The third kappa shape index (κ3) is 3.95. The predicted molar refractivity (Wildman–Crippen MR) is 50.1 cm³/mol. The summed E-state index contributed by atoms with van der Waals surface area (Å²) >= 11 is 0. The second kappa shape index (κ2) is 5.60. The Kier molecular flexibility index (Phi) is 4.34. The maximum Gasteiger partial charge on any atom is 0.220 e. The van der Waals surface area contributed by atoms with Crippen molar-refractivity contribution >= 4 is 5.91 Å². The van der Waals surface area contributed by atoms with Gasteiger partial charge in [-0.15, -0.1) is 12.3 Å². The second-order valence-corrected chi connectivity index (χ2v) is 3.21. The van der Waals surface area contributed by atoms with Crippen molar-refractivity contribution in [2.24, 2.45) is 0 Å². The maximum atomic E-state index is 11.2. The third-order valence-corrected chi connectivity index (χ3v) is 1.98. The van der Waals surface area contributed by atoms with Gasteiger partial charge < -0.3 is 10.1 Å². The third-order valence-electron chi connectivity index (χ3n) is 1.98. The quantitative estimate of drug-likeness (QED) is 0.500. The van der Waals surface area contributed by atoms with E-state index in [1.165, 1.54) is 0 Å². The van der Waals surface area contributed by atoms with Crippen LogP contribution >= 0.6 is 0 Å². The number of hydrogen-bond acceptors (Lipinski definition) is 2. The van der Waals surface area contributed by atoms with Gasteiger partial charge in [0, 0.05) is 12.8 Å². The average molecular weight is 181 g/mol. The molecule has 0 aromatic rings. The fourth-order valence-electron chi connectivity index (χ4n) is 1.13. The number of terminal acetylenes is 1. The van der Waals surface area contributed by atoms with Crippen LogP contribution in [0.1, 0.15) is 25.7 Å². The fourth-order valence-corrected chi connectivity index (χ4v) is 1.13. The zero-order valence-corrected chi connectivity index (χ0v) is 7.71. The smallest absolute Gasteiger partial charge is 0.220 e. The molecule has 0 saturated carbocycles. The molecule has 0 atom stereocenters. The molecule has 1 saturated heterocycles. The standard InChI is InChI=1S/C10H15NO2/c1-2-3-4-5-6-10(12)11-9-7-13-8-9/h1,9H,3-8H2,(H,11,12). The molecular formula is C10H15NO2. The minimum absolute atomic E-state index is 0.116. The van der Waals surface area contributed by atoms with Crippen molar-refractivity contribution in [3.8, 4) is 12.3 Å². The number of hydrogen-bond donors (Lipinski definition) is 1. The molecule has 1 aliphatic heterocycles. The Labute approximate surface area is 78.8 Å². The van der Waals surface area contributed by atoms with Crippen LogP contribution in [-0.4, -0.2) is 25.2 Å². The topological polar surface area (TPSA) is 38.3 Å². The number of nitrogens with one attached hydrogen (secondary N) is 1. The van der Waals surface area contributed by atoms with Gasteiger partial charge in [0.15, 0.2) is 0 Å². The first-order chi connectivity index (χ1) is 6.33. The summed E-state index contributed by atoms with van der Waals surface area (Å²) < 4.78 is 4.94. The summed E-state index contributed by atoms with van der Waals surface area (Å²) in [7, 11) is 0. The lowest BCUT2D eigenvalue weighted by atomic mass is 10.2. The normalized spacial score (nSPS) is 15.9. The van der Waals surface area contributed by atoms with Gasteiger partial charge in [0.2, 0.25) is 5.91 Å². The average Bonchev–Trinajstić information content (AvgIpc) is 2.06. The number of unbranched alkanes of at least 4 members (excludes halogenated alkanes) is 2. The summed E-state index contributed by atoms with van der Waals surface area (Å²) in [5.74, 6) is 2.67. The van der Waals surface area contributed by atoms with Crippen LogP contribution in [0.2, 0.25) is 0 Å². The van der Waals surface area contributed by atoms with Crippen molar-refractivity contribution in [3.05, 3.63) is 0 Å². The largest absolute Gasteiger partial charge is 0.377 e. The van der Waals surface area contributed by atoms with E-state index in [0.29, 0.717) is 19.6 Å². The molecule has 0 bridgehead atoms. The van der Waals surface area contributed by atoms with E-state index >= 15 is 0 Å². The highest BCUT2D eigenvalue weighted by atomic mass is 16.5. The number of amides is 1. The van der Waals surface area contributed by atoms with Crippen LogP contribution in [0.4, 0.5) is 0 Å². The number of carbonyl (C=O) groups excluding carboxylic acids is 1. The molecule has 0 spiro atoms. The summed E-state index contributed by atoms with van der Waals surface area (Å²) in [5.41, 5.74) is 0. The number of ether oxygens (including phenoxy) is 1. The molecule has 1 rings (SSSR count). The van der Waals surface area contributed by atoms with E-state index < -0.39 is 0 Å². The Bertz CT molecular complexity index is 203. The van der Waals surface area contributed by atoms with Crippen molar-refractivity contribution in [1.29, 1.82) is 0 Å². The van der Waals surface area contributed by atoms with Crippen LogP contribution in [0.25, 0.3) is 0 Å². The molecule has 1 aliphatic rings. The lowest BCUT2D eigenvalue weighted by Gasteiger charge is -2.26. The zero-order valence-electron chi connectivity index (χ0n) is 7.71. The van der Waals surface area contributed by atoms with Crippen molar-refractivity contribution in [1.82, 2.24) is 5.32 Å². The molecular weight excluding hydrogens is 166 g/mol. The van der Waals surface area contributed by atoms with E-state index in [9.17, 15) is 4.79 Å². The van der Waals surface area contributed by atoms with Gasteiger partial charge in [-0.1, -0.05) is 0 Å². The van der Waals surface area contributed by atoms with Crippen LogP contribution in [0, 0.1) is 12.3 Å². The monoisotopic (exact) mass is 181 g/mol. The van der Waals surface area contributed by atoms with E-state index in [4.69, 9.17) is 11.2 Å². The highest BCUT2D eigenvalue weighted by molar-refractivity contribution is 5.76. The molecule has 0 aliphatic carbocycles. The van der Waals surface area contributed by atoms with Crippen LogP contribution in [-0.2, 0) is 9.53 Å². The van der Waals surface area contributed by atoms with Crippen molar-refractivity contribution < 1.29 is 9.53 Å². The molecule has 1 fully saturated rings. The Morgan fingerprint density at radius 1 is 1.54 bits per heavy atom. The van der Waals surface area contributed by atoms with E-state index in [2.05, 4.69) is 11.2 Å². The van der Waals surface area contributed by atoms with E-state index in [1.54, 1.807) is 0 Å². The van der Waals surface area contributed by atoms with Crippen LogP contribution < -0.4 is 5.32 Å². The van der Waals surface area contributed by atoms with E-state index in [1.807, 2.05) is 0 Å². The molecule has 1 N–H and O–H groups in total. The molecule has 0 aromatic carbocycles. The predicted octanol–water partition coefficient (Wildman–Crippen LogP) is 0.695. The minimum Gasteiger partial charge on any atom is -0.377 e. The van der Waals surface area contributed by atoms with Gasteiger partial charge in [-0.05, 0) is 12.8 Å². The SMILES string of the molecule is C#CCCCCC(=O)NC1COC1. The second-order valence-electron chi connectivity index (χ2n) is 3.21. The van der Waals surface area contributed by atoms with Gasteiger partial charge in [-0.2, -0.15) is 0 Å². The highest BCUT2D eigenvalue weighted by Gasteiger charge is 2.19. The van der Waals surface area contributed by atoms with E-state index in [0.717, 1.165) is 19.3 Å². The van der Waals surface area contributed by atoms with Crippen LogP contribution in [0.15, 0.2) is 0 Å². The summed E-state index contributed by atoms with van der Waals surface area (Å²) in [6.07, 6.45) is 8.25. The fraction of sp³-hybridized carbons (Fsp3) is 0.700. The van der Waals surface area contributed by atoms with Gasteiger partial charge in [0.25, 0.3) is 0 Å². The molecule has 0 unspecified atom stereocenters. The summed E-state index contributed by atoms with van der Waals surface area (Å²) in [6.45, 7) is 1.33.